The zero-order valence-corrected chi connectivity index (χ0v) is 9.33. The van der Waals surface area contributed by atoms with Gasteiger partial charge in [0.2, 0.25) is 0 Å². The van der Waals surface area contributed by atoms with Gasteiger partial charge in [-0.3, -0.25) is 0 Å². The SMILES string of the molecule is CNc1ccc2c(Cl)c(F)c(Cl)cc2n1. The molecule has 0 bridgehead atoms. The number of nitrogens with one attached hydrogen (secondary N) is 1. The number of halogens is 3. The van der Waals surface area contributed by atoms with Crippen LogP contribution >= 0.6 is 23.2 Å². The summed E-state index contributed by atoms with van der Waals surface area (Å²) in [4.78, 5) is 4.21. The van der Waals surface area contributed by atoms with Crippen molar-refractivity contribution in [3.63, 3.8) is 0 Å². The van der Waals surface area contributed by atoms with Crippen molar-refractivity contribution < 1.29 is 4.39 Å². The van der Waals surface area contributed by atoms with Crippen molar-refractivity contribution in [2.45, 2.75) is 0 Å². The first kappa shape index (κ1) is 10.5. The predicted molar refractivity (Wildman–Crippen MR) is 61.3 cm³/mol. The van der Waals surface area contributed by atoms with E-state index in [4.69, 9.17) is 23.2 Å². The van der Waals surface area contributed by atoms with Crippen molar-refractivity contribution in [3.05, 3.63) is 34.1 Å². The van der Waals surface area contributed by atoms with Crippen molar-refractivity contribution in [1.82, 2.24) is 4.98 Å². The first-order valence-corrected chi connectivity index (χ1v) is 5.01. The fourth-order valence-electron chi connectivity index (χ4n) is 1.32. The van der Waals surface area contributed by atoms with Gasteiger partial charge in [0.25, 0.3) is 0 Å². The van der Waals surface area contributed by atoms with Gasteiger partial charge in [-0.2, -0.15) is 0 Å². The molecule has 1 aromatic heterocycles. The Morgan fingerprint density at radius 1 is 1.33 bits per heavy atom. The number of nitrogens with zero attached hydrogens (tertiary/aromatic N) is 1. The molecular formula is C10H7Cl2FN2. The summed E-state index contributed by atoms with van der Waals surface area (Å²) in [5.74, 6) is 0.0751. The number of benzene rings is 1. The van der Waals surface area contributed by atoms with Crippen LogP contribution in [0.3, 0.4) is 0 Å². The van der Waals surface area contributed by atoms with Gasteiger partial charge in [0.05, 0.1) is 15.6 Å². The average Bonchev–Trinajstić information content (AvgIpc) is 2.25. The number of pyridine rings is 1. The van der Waals surface area contributed by atoms with Gasteiger partial charge >= 0.3 is 0 Å². The van der Waals surface area contributed by atoms with Crippen LogP contribution in [-0.4, -0.2) is 12.0 Å². The molecule has 0 aliphatic carbocycles. The summed E-state index contributed by atoms with van der Waals surface area (Å²) in [7, 11) is 1.75. The second-order valence-corrected chi connectivity index (χ2v) is 3.78. The lowest BCUT2D eigenvalue weighted by Gasteiger charge is -2.05. The molecule has 1 heterocycles. The molecule has 15 heavy (non-hydrogen) atoms. The quantitative estimate of drug-likeness (QED) is 0.774. The Labute approximate surface area is 96.0 Å². The molecule has 0 saturated heterocycles. The zero-order chi connectivity index (χ0) is 11.0. The molecule has 5 heteroatoms. The van der Waals surface area contributed by atoms with Gasteiger partial charge in [-0.1, -0.05) is 23.2 Å². The lowest BCUT2D eigenvalue weighted by atomic mass is 10.2. The van der Waals surface area contributed by atoms with Crippen molar-refractivity contribution in [1.29, 1.82) is 0 Å². The topological polar surface area (TPSA) is 24.9 Å². The zero-order valence-electron chi connectivity index (χ0n) is 7.81. The van der Waals surface area contributed by atoms with E-state index in [2.05, 4.69) is 10.3 Å². The van der Waals surface area contributed by atoms with Gasteiger partial charge in [-0.15, -0.1) is 0 Å². The summed E-state index contributed by atoms with van der Waals surface area (Å²) in [5, 5.41) is 3.42. The number of anilines is 1. The molecule has 0 amide bonds. The lowest BCUT2D eigenvalue weighted by molar-refractivity contribution is 0.630. The second kappa shape index (κ2) is 3.83. The number of aromatic nitrogens is 1. The van der Waals surface area contributed by atoms with Crippen LogP contribution in [0.15, 0.2) is 18.2 Å². The van der Waals surface area contributed by atoms with Crippen LogP contribution in [-0.2, 0) is 0 Å². The monoisotopic (exact) mass is 244 g/mol. The standard InChI is InChI=1S/C10H7Cl2FN2/c1-14-8-3-2-5-7(15-8)4-6(11)10(13)9(5)12/h2-4H,1H3,(H,14,15). The lowest BCUT2D eigenvalue weighted by Crippen LogP contribution is -1.93. The fraction of sp³-hybridized carbons (Fsp3) is 0.100. The first-order chi connectivity index (χ1) is 7.13. The van der Waals surface area contributed by atoms with Gasteiger partial charge in [0, 0.05) is 12.4 Å². The van der Waals surface area contributed by atoms with E-state index in [1.807, 2.05) is 0 Å². The molecule has 0 aliphatic rings. The van der Waals surface area contributed by atoms with Crippen LogP contribution in [0.25, 0.3) is 10.9 Å². The highest BCUT2D eigenvalue weighted by Gasteiger charge is 2.11. The molecule has 0 atom stereocenters. The summed E-state index contributed by atoms with van der Waals surface area (Å²) in [6.07, 6.45) is 0. The molecule has 78 valence electrons. The van der Waals surface area contributed by atoms with Crippen LogP contribution in [0.4, 0.5) is 10.2 Å². The molecule has 0 aliphatic heterocycles. The molecule has 2 nitrogen and oxygen atoms in total. The van der Waals surface area contributed by atoms with E-state index in [0.717, 1.165) is 0 Å². The molecule has 0 fully saturated rings. The number of hydrogen-bond donors (Lipinski definition) is 1. The molecule has 0 saturated carbocycles. The summed E-state index contributed by atoms with van der Waals surface area (Å²) in [6, 6.07) is 4.89. The Bertz CT molecular complexity index is 528. The van der Waals surface area contributed by atoms with Gasteiger partial charge in [-0.05, 0) is 18.2 Å². The third-order valence-electron chi connectivity index (χ3n) is 2.08. The van der Waals surface area contributed by atoms with Crippen molar-refractivity contribution in [2.24, 2.45) is 0 Å². The summed E-state index contributed by atoms with van der Waals surface area (Å²) in [5.41, 5.74) is 0.568. The summed E-state index contributed by atoms with van der Waals surface area (Å²) < 4.78 is 13.3. The van der Waals surface area contributed by atoms with E-state index < -0.39 is 5.82 Å². The highest BCUT2D eigenvalue weighted by Crippen LogP contribution is 2.31. The van der Waals surface area contributed by atoms with E-state index >= 15 is 0 Å². The molecule has 0 unspecified atom stereocenters. The van der Waals surface area contributed by atoms with E-state index in [-0.39, 0.29) is 10.0 Å². The molecule has 1 aromatic carbocycles. The minimum absolute atomic E-state index is 0.00709. The van der Waals surface area contributed by atoms with Crippen molar-refractivity contribution >= 4 is 39.9 Å². The maximum Gasteiger partial charge on any atom is 0.161 e. The maximum atomic E-state index is 13.3. The van der Waals surface area contributed by atoms with Crippen LogP contribution in [0, 0.1) is 5.82 Å². The van der Waals surface area contributed by atoms with Crippen LogP contribution < -0.4 is 5.32 Å². The van der Waals surface area contributed by atoms with E-state index in [9.17, 15) is 4.39 Å². The normalized spacial score (nSPS) is 10.7. The van der Waals surface area contributed by atoms with Gasteiger partial charge in [0.15, 0.2) is 5.82 Å². The number of hydrogen-bond acceptors (Lipinski definition) is 2. The summed E-state index contributed by atoms with van der Waals surface area (Å²) >= 11 is 11.5. The first-order valence-electron chi connectivity index (χ1n) is 4.25. The molecular weight excluding hydrogens is 238 g/mol. The number of rotatable bonds is 1. The minimum atomic E-state index is -0.607. The predicted octanol–water partition coefficient (Wildman–Crippen LogP) is 3.72. The van der Waals surface area contributed by atoms with Crippen LogP contribution in [0.1, 0.15) is 0 Å². The molecule has 2 aromatic rings. The smallest absolute Gasteiger partial charge is 0.161 e. The highest BCUT2D eigenvalue weighted by atomic mass is 35.5. The van der Waals surface area contributed by atoms with Crippen molar-refractivity contribution in [2.75, 3.05) is 12.4 Å². The van der Waals surface area contributed by atoms with Gasteiger partial charge < -0.3 is 5.32 Å². The molecule has 0 spiro atoms. The maximum absolute atomic E-state index is 13.3. The average molecular weight is 245 g/mol. The van der Waals surface area contributed by atoms with E-state index in [0.29, 0.717) is 16.7 Å². The van der Waals surface area contributed by atoms with Crippen LogP contribution in [0.5, 0.6) is 0 Å². The Kier molecular flexibility index (Phi) is 2.67. The minimum Gasteiger partial charge on any atom is -0.373 e. The van der Waals surface area contributed by atoms with E-state index in [1.54, 1.807) is 19.2 Å². The third kappa shape index (κ3) is 1.73. The molecule has 0 radical (unpaired) electrons. The Balaban J connectivity index is 2.80. The summed E-state index contributed by atoms with van der Waals surface area (Å²) in [6.45, 7) is 0. The van der Waals surface area contributed by atoms with Crippen LogP contribution in [0.2, 0.25) is 10.0 Å². The third-order valence-corrected chi connectivity index (χ3v) is 2.73. The highest BCUT2D eigenvalue weighted by molar-refractivity contribution is 6.38. The molecule has 1 N–H and O–H groups in total. The Hall–Kier alpha value is -1.06. The second-order valence-electron chi connectivity index (χ2n) is 3.00. The van der Waals surface area contributed by atoms with Crippen molar-refractivity contribution in [3.8, 4) is 0 Å². The van der Waals surface area contributed by atoms with E-state index in [1.165, 1.54) is 6.07 Å². The molecule has 2 rings (SSSR count). The largest absolute Gasteiger partial charge is 0.373 e. The van der Waals surface area contributed by atoms with Gasteiger partial charge in [-0.25, -0.2) is 9.37 Å². The van der Waals surface area contributed by atoms with Gasteiger partial charge in [0.1, 0.15) is 5.82 Å². The number of fused-ring (bicyclic) bond motifs is 1. The fourth-order valence-corrected chi connectivity index (χ4v) is 1.82. The Morgan fingerprint density at radius 3 is 2.73 bits per heavy atom. The Morgan fingerprint density at radius 2 is 2.07 bits per heavy atom.